The Morgan fingerprint density at radius 1 is 1.28 bits per heavy atom. The van der Waals surface area contributed by atoms with Gasteiger partial charge in [0.05, 0.1) is 12.2 Å². The van der Waals surface area contributed by atoms with E-state index in [4.69, 9.17) is 0 Å². The fourth-order valence-corrected chi connectivity index (χ4v) is 3.90. The summed E-state index contributed by atoms with van der Waals surface area (Å²) in [7, 11) is 0. The molecule has 0 saturated carbocycles. The number of benzene rings is 1. The quantitative estimate of drug-likeness (QED) is 0.590. The highest BCUT2D eigenvalue weighted by atomic mass is 19.4. The molecule has 0 aliphatic carbocycles. The number of nitrogens with zero attached hydrogens (tertiary/aromatic N) is 5. The first kappa shape index (κ1) is 22.1. The summed E-state index contributed by atoms with van der Waals surface area (Å²) in [6.45, 7) is 3.11. The zero-order valence-corrected chi connectivity index (χ0v) is 17.2. The number of aryl methyl sites for hydroxylation is 1. The summed E-state index contributed by atoms with van der Waals surface area (Å²) in [4.78, 5) is 12.9. The number of rotatable bonds is 4. The van der Waals surface area contributed by atoms with E-state index >= 15 is 0 Å². The van der Waals surface area contributed by atoms with Crippen molar-refractivity contribution < 1.29 is 22.7 Å². The number of hydrogen-bond acceptors (Lipinski definition) is 6. The second-order valence-corrected chi connectivity index (χ2v) is 7.86. The number of aromatic nitrogens is 5. The summed E-state index contributed by atoms with van der Waals surface area (Å²) in [5, 5.41) is 24.1. The summed E-state index contributed by atoms with van der Waals surface area (Å²) in [5.41, 5.74) is 1.38. The number of alkyl halides is 3. The summed E-state index contributed by atoms with van der Waals surface area (Å²) in [6.07, 6.45) is -5.76. The third kappa shape index (κ3) is 4.15. The smallest absolute Gasteiger partial charge is 0.374 e. The van der Waals surface area contributed by atoms with Crippen molar-refractivity contribution in [3.8, 4) is 0 Å². The Morgan fingerprint density at radius 3 is 2.72 bits per heavy atom. The van der Waals surface area contributed by atoms with Gasteiger partial charge in [0.2, 0.25) is 5.82 Å². The lowest BCUT2D eigenvalue weighted by Gasteiger charge is -2.35. The number of aliphatic hydroxyl groups excluding tert-OH is 1. The Hall–Kier alpha value is -3.12. The molecule has 3 heterocycles. The normalized spacial score (nSPS) is 17.9. The van der Waals surface area contributed by atoms with Gasteiger partial charge in [0.1, 0.15) is 17.9 Å². The van der Waals surface area contributed by atoms with Crippen LogP contribution in [0, 0.1) is 12.7 Å². The van der Waals surface area contributed by atoms with Crippen molar-refractivity contribution >= 4 is 0 Å². The Balaban J connectivity index is 1.58. The van der Waals surface area contributed by atoms with E-state index in [9.17, 15) is 27.5 Å². The minimum Gasteiger partial charge on any atom is -0.374 e. The molecule has 0 fully saturated rings. The molecule has 0 saturated heterocycles. The van der Waals surface area contributed by atoms with Gasteiger partial charge in [-0.05, 0) is 37.6 Å². The number of halogens is 4. The van der Waals surface area contributed by atoms with Gasteiger partial charge in [-0.3, -0.25) is 9.69 Å². The summed E-state index contributed by atoms with van der Waals surface area (Å²) in [6, 6.07) is 5.17. The summed E-state index contributed by atoms with van der Waals surface area (Å²) < 4.78 is 55.1. The van der Waals surface area contributed by atoms with E-state index in [0.717, 1.165) is 4.57 Å². The van der Waals surface area contributed by atoms with E-state index in [0.29, 0.717) is 16.8 Å². The third-order valence-corrected chi connectivity index (χ3v) is 5.42. The minimum absolute atomic E-state index is 0.0140. The topological polar surface area (TPSA) is 99.9 Å². The third-order valence-electron chi connectivity index (χ3n) is 5.42. The van der Waals surface area contributed by atoms with Gasteiger partial charge < -0.3 is 9.67 Å². The van der Waals surface area contributed by atoms with Crippen molar-refractivity contribution in [2.45, 2.75) is 45.3 Å². The van der Waals surface area contributed by atoms with E-state index < -0.39 is 30.1 Å². The molecule has 2 N–H and O–H groups in total. The molecule has 8 nitrogen and oxygen atoms in total. The zero-order chi connectivity index (χ0) is 23.2. The first-order chi connectivity index (χ1) is 15.0. The number of H-pyrrole nitrogens is 1. The molecule has 1 aliphatic rings. The van der Waals surface area contributed by atoms with Gasteiger partial charge in [-0.15, -0.1) is 10.2 Å². The molecule has 1 aliphatic heterocycles. The predicted octanol–water partition coefficient (Wildman–Crippen LogP) is 2.49. The van der Waals surface area contributed by atoms with E-state index in [1.165, 1.54) is 17.0 Å². The SMILES string of the molecule is Cc1cc(Cc2ccc(F)c(C(O)N3Cc4nnc(C(F)(F)F)n4C(C)C3)c2)n[nH]c1=O. The van der Waals surface area contributed by atoms with Crippen LogP contribution in [-0.2, 0) is 19.1 Å². The summed E-state index contributed by atoms with van der Waals surface area (Å²) >= 11 is 0. The van der Waals surface area contributed by atoms with Gasteiger partial charge in [-0.2, -0.15) is 18.3 Å². The van der Waals surface area contributed by atoms with Crippen molar-refractivity contribution in [2.75, 3.05) is 6.54 Å². The van der Waals surface area contributed by atoms with Crippen LogP contribution < -0.4 is 5.56 Å². The van der Waals surface area contributed by atoms with Gasteiger partial charge in [-0.1, -0.05) is 6.07 Å². The van der Waals surface area contributed by atoms with Crippen molar-refractivity contribution in [2.24, 2.45) is 0 Å². The van der Waals surface area contributed by atoms with Gasteiger partial charge >= 0.3 is 6.18 Å². The van der Waals surface area contributed by atoms with Gasteiger partial charge in [-0.25, -0.2) is 9.49 Å². The fraction of sp³-hybridized carbons (Fsp3) is 0.400. The van der Waals surface area contributed by atoms with Crippen LogP contribution in [-0.4, -0.2) is 41.5 Å². The van der Waals surface area contributed by atoms with E-state index in [2.05, 4.69) is 20.4 Å². The fourth-order valence-electron chi connectivity index (χ4n) is 3.90. The highest BCUT2D eigenvalue weighted by Gasteiger charge is 2.42. The summed E-state index contributed by atoms with van der Waals surface area (Å²) in [5.74, 6) is -1.70. The molecule has 4 rings (SSSR count). The molecule has 32 heavy (non-hydrogen) atoms. The second-order valence-electron chi connectivity index (χ2n) is 7.86. The maximum Gasteiger partial charge on any atom is 0.451 e. The van der Waals surface area contributed by atoms with Crippen LogP contribution in [0.2, 0.25) is 0 Å². The zero-order valence-electron chi connectivity index (χ0n) is 17.2. The molecule has 0 bridgehead atoms. The first-order valence-electron chi connectivity index (χ1n) is 9.81. The van der Waals surface area contributed by atoms with Gasteiger partial charge in [0.15, 0.2) is 0 Å². The van der Waals surface area contributed by atoms with E-state index in [1.54, 1.807) is 26.0 Å². The van der Waals surface area contributed by atoms with Gasteiger partial charge in [0.25, 0.3) is 5.56 Å². The standard InChI is InChI=1S/C20H20F4N6O2/c1-10-5-13(25-27-17(10)31)6-12-3-4-15(21)14(7-12)18(32)29-8-11(2)30-16(9-29)26-28-19(30)20(22,23)24/h3-5,7,11,18,32H,6,8-9H2,1-2H3,(H,27,31). The van der Waals surface area contributed by atoms with Crippen LogP contribution in [0.15, 0.2) is 29.1 Å². The van der Waals surface area contributed by atoms with Crippen molar-refractivity contribution in [3.63, 3.8) is 0 Å². The Morgan fingerprint density at radius 2 is 2.03 bits per heavy atom. The highest BCUT2D eigenvalue weighted by Crippen LogP contribution is 2.35. The second kappa shape index (κ2) is 8.10. The maximum atomic E-state index is 14.6. The van der Waals surface area contributed by atoms with Crippen LogP contribution in [0.5, 0.6) is 0 Å². The van der Waals surface area contributed by atoms with Crippen molar-refractivity contribution in [1.29, 1.82) is 0 Å². The number of hydrogen-bond donors (Lipinski definition) is 2. The molecule has 0 radical (unpaired) electrons. The largest absolute Gasteiger partial charge is 0.451 e. The molecular weight excluding hydrogens is 432 g/mol. The van der Waals surface area contributed by atoms with E-state index in [1.807, 2.05) is 0 Å². The Bertz CT molecular complexity index is 1210. The molecular formula is C20H20F4N6O2. The molecule has 1 aromatic carbocycles. The predicted molar refractivity (Wildman–Crippen MR) is 104 cm³/mol. The van der Waals surface area contributed by atoms with Crippen molar-refractivity contribution in [3.05, 3.63) is 74.5 Å². The number of aromatic amines is 1. The number of fused-ring (bicyclic) bond motifs is 1. The lowest BCUT2D eigenvalue weighted by molar-refractivity contribution is -0.149. The monoisotopic (exact) mass is 452 g/mol. The lowest BCUT2D eigenvalue weighted by atomic mass is 10.0. The minimum atomic E-state index is -4.64. The molecule has 2 atom stereocenters. The molecule has 12 heteroatoms. The van der Waals surface area contributed by atoms with Gasteiger partial charge in [0, 0.05) is 30.1 Å². The Labute approximate surface area is 179 Å². The Kier molecular flexibility index (Phi) is 5.59. The average molecular weight is 452 g/mol. The molecule has 0 spiro atoms. The van der Waals surface area contributed by atoms with Crippen LogP contribution in [0.4, 0.5) is 17.6 Å². The molecule has 0 amide bonds. The van der Waals surface area contributed by atoms with Crippen molar-refractivity contribution in [1.82, 2.24) is 29.9 Å². The first-order valence-corrected chi connectivity index (χ1v) is 9.81. The molecule has 3 aromatic rings. The average Bonchev–Trinajstić information content (AvgIpc) is 3.17. The molecule has 2 unspecified atom stereocenters. The number of nitrogens with one attached hydrogen (secondary N) is 1. The van der Waals surface area contributed by atoms with Crippen LogP contribution >= 0.6 is 0 Å². The van der Waals surface area contributed by atoms with Crippen LogP contribution in [0.25, 0.3) is 0 Å². The molecule has 2 aromatic heterocycles. The molecule has 170 valence electrons. The van der Waals surface area contributed by atoms with E-state index in [-0.39, 0.29) is 36.5 Å². The lowest BCUT2D eigenvalue weighted by Crippen LogP contribution is -2.40. The van der Waals surface area contributed by atoms with Crippen LogP contribution in [0.3, 0.4) is 0 Å². The highest BCUT2D eigenvalue weighted by molar-refractivity contribution is 5.30. The maximum absolute atomic E-state index is 14.6. The van der Waals surface area contributed by atoms with Crippen LogP contribution in [0.1, 0.15) is 53.2 Å². The number of aliphatic hydroxyl groups is 1.